The number of rotatable bonds is 5. The number of hydrogen-bond acceptors (Lipinski definition) is 3. The molecule has 1 atom stereocenters. The summed E-state index contributed by atoms with van der Waals surface area (Å²) < 4.78 is 68.2. The van der Waals surface area contributed by atoms with Gasteiger partial charge in [0.1, 0.15) is 6.54 Å². The Bertz CT molecular complexity index is 1330. The zero-order valence-corrected chi connectivity index (χ0v) is 19.5. The van der Waals surface area contributed by atoms with Gasteiger partial charge in [-0.3, -0.25) is 9.10 Å². The molecule has 34 heavy (non-hydrogen) atoms. The van der Waals surface area contributed by atoms with Gasteiger partial charge < -0.3 is 4.90 Å². The first-order chi connectivity index (χ1) is 16.0. The number of carbonyl (C=O) groups excluding carboxylic acids is 1. The average Bonchev–Trinajstić information content (AvgIpc) is 3.13. The summed E-state index contributed by atoms with van der Waals surface area (Å²) in [5, 5.41) is -0.568. The molecule has 3 aromatic rings. The third-order valence-electron chi connectivity index (χ3n) is 5.63. The number of anilines is 2. The fourth-order valence-corrected chi connectivity index (χ4v) is 5.72. The summed E-state index contributed by atoms with van der Waals surface area (Å²) in [4.78, 5) is 14.7. The molecule has 0 aromatic heterocycles. The lowest BCUT2D eigenvalue weighted by Gasteiger charge is -2.29. The second kappa shape index (κ2) is 8.96. The number of benzene rings is 3. The predicted molar refractivity (Wildman–Crippen MR) is 125 cm³/mol. The van der Waals surface area contributed by atoms with E-state index >= 15 is 0 Å². The first-order valence-corrected chi connectivity index (χ1v) is 12.2. The van der Waals surface area contributed by atoms with Gasteiger partial charge in [0.25, 0.3) is 10.0 Å². The van der Waals surface area contributed by atoms with Crippen LogP contribution < -0.4 is 9.21 Å². The van der Waals surface area contributed by atoms with E-state index in [2.05, 4.69) is 0 Å². The zero-order valence-electron chi connectivity index (χ0n) is 18.0. The molecule has 0 saturated heterocycles. The van der Waals surface area contributed by atoms with E-state index in [0.717, 1.165) is 17.7 Å². The molecule has 178 valence electrons. The Morgan fingerprint density at radius 1 is 1.06 bits per heavy atom. The van der Waals surface area contributed by atoms with Crippen molar-refractivity contribution in [1.82, 2.24) is 0 Å². The third kappa shape index (κ3) is 4.50. The van der Waals surface area contributed by atoms with E-state index in [9.17, 15) is 26.4 Å². The van der Waals surface area contributed by atoms with Crippen molar-refractivity contribution in [2.45, 2.75) is 30.5 Å². The zero-order chi connectivity index (χ0) is 24.7. The van der Waals surface area contributed by atoms with Gasteiger partial charge in [-0.05, 0) is 55.3 Å². The maximum atomic E-state index is 13.5. The van der Waals surface area contributed by atoms with E-state index in [-0.39, 0.29) is 16.6 Å². The van der Waals surface area contributed by atoms with Crippen LogP contribution in [0.3, 0.4) is 0 Å². The molecular formula is C24H20ClF3N2O3S. The number of halogens is 4. The smallest absolute Gasteiger partial charge is 0.307 e. The van der Waals surface area contributed by atoms with Crippen molar-refractivity contribution in [1.29, 1.82) is 0 Å². The summed E-state index contributed by atoms with van der Waals surface area (Å²) in [5.41, 5.74) is 0.0946. The number of sulfonamides is 1. The molecule has 0 fully saturated rings. The molecule has 0 aliphatic carbocycles. The second-order valence-corrected chi connectivity index (χ2v) is 10.2. The topological polar surface area (TPSA) is 57.7 Å². The first kappa shape index (κ1) is 24.1. The number of amides is 1. The minimum Gasteiger partial charge on any atom is -0.307 e. The van der Waals surface area contributed by atoms with Gasteiger partial charge in [0.05, 0.1) is 21.2 Å². The summed E-state index contributed by atoms with van der Waals surface area (Å²) >= 11 is 5.74. The molecule has 1 amide bonds. The van der Waals surface area contributed by atoms with Crippen molar-refractivity contribution in [2.75, 3.05) is 15.7 Å². The second-order valence-electron chi connectivity index (χ2n) is 7.93. The Balaban J connectivity index is 1.79. The van der Waals surface area contributed by atoms with Crippen LogP contribution in [0.2, 0.25) is 5.02 Å². The third-order valence-corrected chi connectivity index (χ3v) is 7.75. The van der Waals surface area contributed by atoms with Gasteiger partial charge in [0, 0.05) is 11.7 Å². The van der Waals surface area contributed by atoms with Crippen LogP contribution in [0.25, 0.3) is 0 Å². The van der Waals surface area contributed by atoms with Crippen LogP contribution in [-0.2, 0) is 27.4 Å². The summed E-state index contributed by atoms with van der Waals surface area (Å²) in [5.74, 6) is -0.555. The summed E-state index contributed by atoms with van der Waals surface area (Å²) in [7, 11) is -4.37. The fourth-order valence-electron chi connectivity index (χ4n) is 4.06. The highest BCUT2D eigenvalue weighted by Gasteiger charge is 2.37. The van der Waals surface area contributed by atoms with Crippen LogP contribution in [0.1, 0.15) is 18.1 Å². The number of nitrogens with zero attached hydrogens (tertiary/aromatic N) is 2. The Kier molecular flexibility index (Phi) is 6.35. The number of hydrogen-bond donors (Lipinski definition) is 0. The van der Waals surface area contributed by atoms with Crippen LogP contribution >= 0.6 is 11.6 Å². The van der Waals surface area contributed by atoms with E-state index in [0.29, 0.717) is 22.5 Å². The molecule has 0 bridgehead atoms. The van der Waals surface area contributed by atoms with E-state index in [1.807, 2.05) is 19.1 Å². The molecule has 1 aliphatic rings. The summed E-state index contributed by atoms with van der Waals surface area (Å²) in [6.07, 6.45) is -4.21. The van der Waals surface area contributed by atoms with Crippen molar-refractivity contribution in [2.24, 2.45) is 0 Å². The minimum absolute atomic E-state index is 0.152. The largest absolute Gasteiger partial charge is 0.417 e. The van der Waals surface area contributed by atoms with E-state index < -0.39 is 39.2 Å². The summed E-state index contributed by atoms with van der Waals surface area (Å²) in [6.45, 7) is 1.15. The van der Waals surface area contributed by atoms with Crippen LogP contribution in [0, 0.1) is 0 Å². The van der Waals surface area contributed by atoms with Crippen molar-refractivity contribution in [3.05, 3.63) is 88.9 Å². The molecule has 4 rings (SSSR count). The molecule has 10 heteroatoms. The lowest BCUT2D eigenvalue weighted by atomic mass is 10.1. The molecule has 3 aromatic carbocycles. The Labute approximate surface area is 200 Å². The fraction of sp³-hybridized carbons (Fsp3) is 0.208. The summed E-state index contributed by atoms with van der Waals surface area (Å²) in [6, 6.07) is 17.1. The highest BCUT2D eigenvalue weighted by molar-refractivity contribution is 7.92. The number of alkyl halides is 3. The van der Waals surface area contributed by atoms with Gasteiger partial charge in [-0.2, -0.15) is 13.2 Å². The highest BCUT2D eigenvalue weighted by Crippen LogP contribution is 2.38. The first-order valence-electron chi connectivity index (χ1n) is 10.3. The van der Waals surface area contributed by atoms with E-state index in [1.54, 1.807) is 18.2 Å². The van der Waals surface area contributed by atoms with Gasteiger partial charge in [-0.25, -0.2) is 8.42 Å². The monoisotopic (exact) mass is 508 g/mol. The van der Waals surface area contributed by atoms with Crippen LogP contribution in [0.15, 0.2) is 77.7 Å². The molecule has 0 spiro atoms. The molecule has 0 saturated carbocycles. The highest BCUT2D eigenvalue weighted by atomic mass is 35.5. The maximum absolute atomic E-state index is 13.5. The van der Waals surface area contributed by atoms with Crippen molar-refractivity contribution >= 4 is 38.9 Å². The molecular weight excluding hydrogens is 489 g/mol. The SMILES string of the molecule is C[C@H]1Cc2ccccc2N1C(=O)CN(c1ccc(Cl)c(C(F)(F)F)c1)S(=O)(=O)c1ccccc1. The van der Waals surface area contributed by atoms with Crippen molar-refractivity contribution < 1.29 is 26.4 Å². The quantitative estimate of drug-likeness (QED) is 0.455. The van der Waals surface area contributed by atoms with Crippen LogP contribution in [0.4, 0.5) is 24.5 Å². The van der Waals surface area contributed by atoms with Gasteiger partial charge in [-0.15, -0.1) is 0 Å². The lowest BCUT2D eigenvalue weighted by molar-refractivity contribution is -0.137. The van der Waals surface area contributed by atoms with Gasteiger partial charge in [-0.1, -0.05) is 48.0 Å². The Hall–Kier alpha value is -3.04. The van der Waals surface area contributed by atoms with Crippen molar-refractivity contribution in [3.63, 3.8) is 0 Å². The molecule has 0 N–H and O–H groups in total. The standard InChI is InChI=1S/C24H20ClF3N2O3S/c1-16-13-17-7-5-6-10-22(17)30(16)23(31)15-29(34(32,33)19-8-3-2-4-9-19)18-11-12-21(25)20(14-18)24(26,27)28/h2-12,14,16H,13,15H2,1H3/t16-/m0/s1. The van der Waals surface area contributed by atoms with Gasteiger partial charge in [0.15, 0.2) is 0 Å². The van der Waals surface area contributed by atoms with Crippen LogP contribution in [-0.4, -0.2) is 26.9 Å². The predicted octanol–water partition coefficient (Wildman–Crippen LogP) is 5.53. The Morgan fingerprint density at radius 3 is 2.38 bits per heavy atom. The molecule has 0 radical (unpaired) electrons. The van der Waals surface area contributed by atoms with Crippen LogP contribution in [0.5, 0.6) is 0 Å². The van der Waals surface area contributed by atoms with Gasteiger partial charge >= 0.3 is 6.18 Å². The number of carbonyl (C=O) groups is 1. The maximum Gasteiger partial charge on any atom is 0.417 e. The normalized spacial score (nSPS) is 15.8. The van der Waals surface area contributed by atoms with E-state index in [1.165, 1.54) is 29.2 Å². The minimum atomic E-state index is -4.80. The average molecular weight is 509 g/mol. The number of para-hydroxylation sites is 1. The number of fused-ring (bicyclic) bond motifs is 1. The molecule has 1 aliphatic heterocycles. The lowest BCUT2D eigenvalue weighted by Crippen LogP contribution is -2.45. The molecule has 5 nitrogen and oxygen atoms in total. The molecule has 1 heterocycles. The molecule has 0 unspecified atom stereocenters. The van der Waals surface area contributed by atoms with E-state index in [4.69, 9.17) is 11.6 Å². The Morgan fingerprint density at radius 2 is 1.71 bits per heavy atom. The van der Waals surface area contributed by atoms with Crippen molar-refractivity contribution in [3.8, 4) is 0 Å². The van der Waals surface area contributed by atoms with Gasteiger partial charge in [0.2, 0.25) is 5.91 Å².